The Morgan fingerprint density at radius 1 is 1.32 bits per heavy atom. The molecule has 0 aliphatic rings. The highest BCUT2D eigenvalue weighted by molar-refractivity contribution is 5.86. The van der Waals surface area contributed by atoms with Crippen LogP contribution in [0.5, 0.6) is 0 Å². The fraction of sp³-hybridized carbons (Fsp3) is 0.500. The number of nitrogens with two attached hydrogens (primary N) is 1. The highest BCUT2D eigenvalue weighted by Gasteiger charge is 2.23. The molecule has 0 aromatic carbocycles. The summed E-state index contributed by atoms with van der Waals surface area (Å²) >= 11 is 0. The maximum Gasteiger partial charge on any atom is 0.373 e. The van der Waals surface area contributed by atoms with Gasteiger partial charge in [0.2, 0.25) is 5.76 Å². The van der Waals surface area contributed by atoms with E-state index in [2.05, 4.69) is 10.1 Å². The highest BCUT2D eigenvalue weighted by atomic mass is 16.6. The van der Waals surface area contributed by atoms with Gasteiger partial charge in [0.25, 0.3) is 0 Å². The van der Waals surface area contributed by atoms with Crippen LogP contribution in [0.1, 0.15) is 36.6 Å². The molecule has 1 aromatic rings. The zero-order valence-electron chi connectivity index (χ0n) is 12.8. The van der Waals surface area contributed by atoms with Crippen molar-refractivity contribution in [3.8, 4) is 0 Å². The standard InChI is InChI=1S/C14H20N2O6/c1-8(2)6-10(16-14(15)19)12(17)21-7-9-4-5-11(22-9)13(18)20-3/h4-5,8,10H,6-7H2,1-3H3,(H3,15,16,19). The van der Waals surface area contributed by atoms with Crippen LogP contribution in [0.15, 0.2) is 16.5 Å². The molecule has 0 spiro atoms. The lowest BCUT2D eigenvalue weighted by atomic mass is 10.0. The summed E-state index contributed by atoms with van der Waals surface area (Å²) in [5.74, 6) is -0.772. The third-order valence-electron chi connectivity index (χ3n) is 2.71. The van der Waals surface area contributed by atoms with Crippen molar-refractivity contribution in [2.24, 2.45) is 11.7 Å². The van der Waals surface area contributed by atoms with E-state index >= 15 is 0 Å². The number of ether oxygens (including phenoxy) is 2. The second-order valence-electron chi connectivity index (χ2n) is 5.06. The first-order valence-electron chi connectivity index (χ1n) is 6.73. The van der Waals surface area contributed by atoms with Gasteiger partial charge in [-0.15, -0.1) is 0 Å². The lowest BCUT2D eigenvalue weighted by Crippen LogP contribution is -2.45. The predicted molar refractivity (Wildman–Crippen MR) is 75.8 cm³/mol. The first kappa shape index (κ1) is 17.5. The maximum absolute atomic E-state index is 12.0. The third kappa shape index (κ3) is 5.47. The van der Waals surface area contributed by atoms with Crippen molar-refractivity contribution in [3.63, 3.8) is 0 Å². The van der Waals surface area contributed by atoms with Crippen LogP contribution in [-0.4, -0.2) is 31.1 Å². The number of esters is 2. The minimum atomic E-state index is -0.826. The van der Waals surface area contributed by atoms with E-state index in [0.717, 1.165) is 0 Å². The van der Waals surface area contributed by atoms with Gasteiger partial charge in [0.1, 0.15) is 18.4 Å². The number of carbonyl (C=O) groups excluding carboxylic acids is 3. The van der Waals surface area contributed by atoms with E-state index in [0.29, 0.717) is 6.42 Å². The molecule has 22 heavy (non-hydrogen) atoms. The zero-order chi connectivity index (χ0) is 16.7. The van der Waals surface area contributed by atoms with Crippen molar-refractivity contribution in [1.29, 1.82) is 0 Å². The van der Waals surface area contributed by atoms with Gasteiger partial charge in [-0.1, -0.05) is 13.8 Å². The number of nitrogens with one attached hydrogen (secondary N) is 1. The SMILES string of the molecule is COC(=O)c1ccc(COC(=O)C(CC(C)C)NC(N)=O)o1. The lowest BCUT2D eigenvalue weighted by molar-refractivity contribution is -0.148. The fourth-order valence-electron chi connectivity index (χ4n) is 1.77. The minimum Gasteiger partial charge on any atom is -0.463 e. The molecule has 1 aromatic heterocycles. The first-order valence-corrected chi connectivity index (χ1v) is 6.73. The maximum atomic E-state index is 12.0. The van der Waals surface area contributed by atoms with E-state index in [1.807, 2.05) is 13.8 Å². The van der Waals surface area contributed by atoms with Crippen LogP contribution in [-0.2, 0) is 20.9 Å². The summed E-state index contributed by atoms with van der Waals surface area (Å²) in [7, 11) is 1.23. The summed E-state index contributed by atoms with van der Waals surface area (Å²) < 4.78 is 14.7. The van der Waals surface area contributed by atoms with E-state index in [9.17, 15) is 14.4 Å². The van der Waals surface area contributed by atoms with Crippen LogP contribution in [0.25, 0.3) is 0 Å². The summed E-state index contributed by atoms with van der Waals surface area (Å²) in [5, 5.41) is 2.34. The van der Waals surface area contributed by atoms with E-state index in [1.54, 1.807) is 0 Å². The Morgan fingerprint density at radius 2 is 2.00 bits per heavy atom. The molecule has 0 bridgehead atoms. The Bertz CT molecular complexity index is 537. The Balaban J connectivity index is 2.60. The molecular weight excluding hydrogens is 292 g/mol. The molecule has 1 unspecified atom stereocenters. The second-order valence-corrected chi connectivity index (χ2v) is 5.06. The summed E-state index contributed by atoms with van der Waals surface area (Å²) in [6.45, 7) is 3.64. The molecule has 0 radical (unpaired) electrons. The van der Waals surface area contributed by atoms with Crippen molar-refractivity contribution < 1.29 is 28.3 Å². The summed E-state index contributed by atoms with van der Waals surface area (Å²) in [5.41, 5.74) is 5.04. The average Bonchev–Trinajstić information content (AvgIpc) is 2.91. The molecule has 0 saturated heterocycles. The van der Waals surface area contributed by atoms with Gasteiger partial charge in [-0.25, -0.2) is 14.4 Å². The summed E-state index contributed by atoms with van der Waals surface area (Å²) in [6.07, 6.45) is 0.396. The molecule has 1 heterocycles. The Morgan fingerprint density at radius 3 is 2.55 bits per heavy atom. The van der Waals surface area contributed by atoms with E-state index in [1.165, 1.54) is 19.2 Å². The number of urea groups is 1. The van der Waals surface area contributed by atoms with E-state index in [4.69, 9.17) is 14.9 Å². The van der Waals surface area contributed by atoms with Crippen LogP contribution >= 0.6 is 0 Å². The van der Waals surface area contributed by atoms with Gasteiger partial charge in [-0.2, -0.15) is 0 Å². The van der Waals surface area contributed by atoms with Crippen molar-refractivity contribution in [3.05, 3.63) is 23.7 Å². The van der Waals surface area contributed by atoms with Gasteiger partial charge >= 0.3 is 18.0 Å². The predicted octanol–water partition coefficient (Wildman–Crippen LogP) is 1.19. The number of rotatable bonds is 7. The molecule has 0 aliphatic carbocycles. The molecule has 0 saturated carbocycles. The van der Waals surface area contributed by atoms with Crippen LogP contribution in [0.3, 0.4) is 0 Å². The summed E-state index contributed by atoms with van der Waals surface area (Å²) in [6, 6.07) is 1.29. The molecule has 2 amide bonds. The monoisotopic (exact) mass is 312 g/mol. The van der Waals surface area contributed by atoms with Gasteiger partial charge in [0, 0.05) is 0 Å². The van der Waals surface area contributed by atoms with Gasteiger partial charge < -0.3 is 24.9 Å². The van der Waals surface area contributed by atoms with Crippen LogP contribution in [0, 0.1) is 5.92 Å². The van der Waals surface area contributed by atoms with E-state index in [-0.39, 0.29) is 24.0 Å². The zero-order valence-corrected chi connectivity index (χ0v) is 12.8. The number of furan rings is 1. The molecule has 1 atom stereocenters. The highest BCUT2D eigenvalue weighted by Crippen LogP contribution is 2.12. The van der Waals surface area contributed by atoms with Crippen molar-refractivity contribution in [2.75, 3.05) is 7.11 Å². The van der Waals surface area contributed by atoms with E-state index < -0.39 is 24.0 Å². The number of amides is 2. The largest absolute Gasteiger partial charge is 0.463 e. The molecule has 3 N–H and O–H groups in total. The normalized spacial score (nSPS) is 11.8. The minimum absolute atomic E-state index is 0.0162. The van der Waals surface area contributed by atoms with Gasteiger partial charge in [-0.3, -0.25) is 0 Å². The number of methoxy groups -OCH3 is 1. The molecule has 1 rings (SSSR count). The number of primary amides is 1. The third-order valence-corrected chi connectivity index (χ3v) is 2.71. The Hall–Kier alpha value is -2.51. The topological polar surface area (TPSA) is 121 Å². The van der Waals surface area contributed by atoms with Gasteiger partial charge in [0.15, 0.2) is 0 Å². The molecule has 8 nitrogen and oxygen atoms in total. The van der Waals surface area contributed by atoms with Crippen LogP contribution in [0.4, 0.5) is 4.79 Å². The quantitative estimate of drug-likeness (QED) is 0.729. The Kier molecular flexibility index (Phi) is 6.43. The lowest BCUT2D eigenvalue weighted by Gasteiger charge is -2.17. The smallest absolute Gasteiger partial charge is 0.373 e. The fourth-order valence-corrected chi connectivity index (χ4v) is 1.77. The van der Waals surface area contributed by atoms with Crippen LogP contribution in [0.2, 0.25) is 0 Å². The van der Waals surface area contributed by atoms with Gasteiger partial charge in [-0.05, 0) is 24.5 Å². The number of hydrogen-bond donors (Lipinski definition) is 2. The summed E-state index contributed by atoms with van der Waals surface area (Å²) in [4.78, 5) is 34.1. The van der Waals surface area contributed by atoms with Crippen LogP contribution < -0.4 is 11.1 Å². The molecular formula is C14H20N2O6. The molecule has 0 aliphatic heterocycles. The van der Waals surface area contributed by atoms with Crippen molar-refractivity contribution in [1.82, 2.24) is 5.32 Å². The molecule has 122 valence electrons. The number of carbonyl (C=O) groups is 3. The Labute approximate surface area is 127 Å². The first-order chi connectivity index (χ1) is 10.3. The number of hydrogen-bond acceptors (Lipinski definition) is 6. The van der Waals surface area contributed by atoms with Crippen molar-refractivity contribution in [2.45, 2.75) is 32.9 Å². The van der Waals surface area contributed by atoms with Gasteiger partial charge in [0.05, 0.1) is 7.11 Å². The second kappa shape index (κ2) is 8.06. The molecule has 8 heteroatoms. The molecule has 0 fully saturated rings. The average molecular weight is 312 g/mol. The van der Waals surface area contributed by atoms with Crippen molar-refractivity contribution >= 4 is 18.0 Å².